The van der Waals surface area contributed by atoms with Gasteiger partial charge in [0.1, 0.15) is 0 Å². The molecule has 0 aliphatic heterocycles. The van der Waals surface area contributed by atoms with Crippen LogP contribution in [0.25, 0.3) is 0 Å². The van der Waals surface area contributed by atoms with Crippen LogP contribution in [0.3, 0.4) is 0 Å². The molecule has 5 nitrogen and oxygen atoms in total. The number of nitrogens with one attached hydrogen (secondary N) is 1. The van der Waals surface area contributed by atoms with Crippen LogP contribution in [0.1, 0.15) is 10.4 Å². The van der Waals surface area contributed by atoms with Crippen LogP contribution in [0.2, 0.25) is 0 Å². The number of carbonyl (C=O) groups is 1. The molecule has 106 valence electrons. The Bertz CT molecular complexity index is 440. The van der Waals surface area contributed by atoms with Gasteiger partial charge in [-0.25, -0.2) is 13.6 Å². The van der Waals surface area contributed by atoms with Gasteiger partial charge in [0.25, 0.3) is 0 Å². The van der Waals surface area contributed by atoms with Gasteiger partial charge in [0.2, 0.25) is 0 Å². The van der Waals surface area contributed by atoms with Crippen molar-refractivity contribution in [3.8, 4) is 0 Å². The van der Waals surface area contributed by atoms with E-state index >= 15 is 0 Å². The van der Waals surface area contributed by atoms with Gasteiger partial charge in [0.05, 0.1) is 38.2 Å². The summed E-state index contributed by atoms with van der Waals surface area (Å²) in [6.45, 7) is 0.560. The molecule has 0 saturated carbocycles. The van der Waals surface area contributed by atoms with E-state index < -0.39 is 23.2 Å². The molecule has 2 N–H and O–H groups in total. The van der Waals surface area contributed by atoms with Crippen molar-refractivity contribution in [3.05, 3.63) is 29.3 Å². The van der Waals surface area contributed by atoms with E-state index in [1.807, 2.05) is 0 Å². The summed E-state index contributed by atoms with van der Waals surface area (Å²) in [6, 6.07) is 2.39. The number of rotatable bonds is 7. The van der Waals surface area contributed by atoms with E-state index in [2.05, 4.69) is 10.1 Å². The predicted octanol–water partition coefficient (Wildman–Crippen LogP) is 1.17. The summed E-state index contributed by atoms with van der Waals surface area (Å²) in [5, 5.41) is 11.1. The van der Waals surface area contributed by atoms with Crippen molar-refractivity contribution in [1.82, 2.24) is 0 Å². The van der Waals surface area contributed by atoms with Crippen LogP contribution in [-0.2, 0) is 9.47 Å². The Balaban J connectivity index is 2.66. The largest absolute Gasteiger partial charge is 0.465 e. The standard InChI is InChI=1S/C12H15F2NO4/c1-18-12(17)8-2-3-9(11(14)10(8)13)15-4-6-19-7-5-16/h2-3,15-16H,4-7H2,1H3. The van der Waals surface area contributed by atoms with E-state index in [1.54, 1.807) is 0 Å². The number of benzene rings is 1. The topological polar surface area (TPSA) is 67.8 Å². The molecule has 0 spiro atoms. The third kappa shape index (κ3) is 4.15. The summed E-state index contributed by atoms with van der Waals surface area (Å²) in [6.07, 6.45) is 0. The zero-order chi connectivity index (χ0) is 14.3. The highest BCUT2D eigenvalue weighted by Gasteiger charge is 2.18. The number of anilines is 1. The van der Waals surface area contributed by atoms with E-state index in [4.69, 9.17) is 9.84 Å². The Morgan fingerprint density at radius 2 is 2.05 bits per heavy atom. The molecule has 0 aliphatic carbocycles. The average molecular weight is 275 g/mol. The van der Waals surface area contributed by atoms with Gasteiger partial charge < -0.3 is 19.9 Å². The number of hydrogen-bond acceptors (Lipinski definition) is 5. The predicted molar refractivity (Wildman–Crippen MR) is 64.1 cm³/mol. The lowest BCUT2D eigenvalue weighted by Gasteiger charge is -2.10. The lowest BCUT2D eigenvalue weighted by Crippen LogP contribution is -2.14. The summed E-state index contributed by atoms with van der Waals surface area (Å²) in [4.78, 5) is 11.1. The Labute approximate surface area is 109 Å². The lowest BCUT2D eigenvalue weighted by atomic mass is 10.2. The van der Waals surface area contributed by atoms with E-state index in [-0.39, 0.29) is 32.1 Å². The molecule has 0 amide bonds. The van der Waals surface area contributed by atoms with E-state index in [0.717, 1.165) is 13.2 Å². The zero-order valence-corrected chi connectivity index (χ0v) is 10.4. The van der Waals surface area contributed by atoms with Crippen molar-refractivity contribution in [3.63, 3.8) is 0 Å². The van der Waals surface area contributed by atoms with Crippen molar-refractivity contribution in [2.75, 3.05) is 38.8 Å². The third-order valence-electron chi connectivity index (χ3n) is 2.29. The fraction of sp³-hybridized carbons (Fsp3) is 0.417. The van der Waals surface area contributed by atoms with Gasteiger partial charge in [-0.3, -0.25) is 0 Å². The minimum Gasteiger partial charge on any atom is -0.465 e. The molecule has 1 aromatic carbocycles. The zero-order valence-electron chi connectivity index (χ0n) is 10.4. The molecule has 7 heteroatoms. The van der Waals surface area contributed by atoms with Gasteiger partial charge in [-0.2, -0.15) is 0 Å². The molecular formula is C12H15F2NO4. The highest BCUT2D eigenvalue weighted by atomic mass is 19.2. The van der Waals surface area contributed by atoms with Crippen LogP contribution in [0.4, 0.5) is 14.5 Å². The second kappa shape index (κ2) is 7.65. The Kier molecular flexibility index (Phi) is 6.17. The van der Waals surface area contributed by atoms with Crippen LogP contribution in [-0.4, -0.2) is 44.6 Å². The number of esters is 1. The molecule has 0 aromatic heterocycles. The first kappa shape index (κ1) is 15.3. The summed E-state index contributed by atoms with van der Waals surface area (Å²) >= 11 is 0. The number of methoxy groups -OCH3 is 1. The fourth-order valence-electron chi connectivity index (χ4n) is 1.38. The maximum Gasteiger partial charge on any atom is 0.340 e. The molecule has 0 radical (unpaired) electrons. The monoisotopic (exact) mass is 275 g/mol. The molecule has 0 aliphatic rings. The normalized spacial score (nSPS) is 10.3. The smallest absolute Gasteiger partial charge is 0.340 e. The summed E-state index contributed by atoms with van der Waals surface area (Å²) < 4.78 is 36.4. The second-order valence-electron chi connectivity index (χ2n) is 3.54. The first-order valence-electron chi connectivity index (χ1n) is 5.60. The number of aliphatic hydroxyl groups excluding tert-OH is 1. The first-order chi connectivity index (χ1) is 9.11. The highest BCUT2D eigenvalue weighted by molar-refractivity contribution is 5.90. The number of carbonyl (C=O) groups excluding carboxylic acids is 1. The Morgan fingerprint density at radius 1 is 1.32 bits per heavy atom. The van der Waals surface area contributed by atoms with Gasteiger partial charge in [-0.05, 0) is 12.1 Å². The molecule has 0 bridgehead atoms. The summed E-state index contributed by atoms with van der Waals surface area (Å²) in [7, 11) is 1.09. The summed E-state index contributed by atoms with van der Waals surface area (Å²) in [5.41, 5.74) is -0.528. The van der Waals surface area contributed by atoms with Crippen LogP contribution in [0, 0.1) is 11.6 Å². The molecule has 0 unspecified atom stereocenters. The third-order valence-corrected chi connectivity index (χ3v) is 2.29. The summed E-state index contributed by atoms with van der Waals surface area (Å²) in [5.74, 6) is -3.34. The molecule has 1 rings (SSSR count). The highest BCUT2D eigenvalue weighted by Crippen LogP contribution is 2.21. The van der Waals surface area contributed by atoms with Gasteiger partial charge in [0, 0.05) is 6.54 Å². The Morgan fingerprint density at radius 3 is 2.68 bits per heavy atom. The van der Waals surface area contributed by atoms with Crippen molar-refractivity contribution < 1.29 is 28.2 Å². The van der Waals surface area contributed by atoms with E-state index in [0.29, 0.717) is 0 Å². The maximum atomic E-state index is 13.6. The number of hydrogen-bond donors (Lipinski definition) is 2. The fourth-order valence-corrected chi connectivity index (χ4v) is 1.38. The molecule has 0 fully saturated rings. The SMILES string of the molecule is COC(=O)c1ccc(NCCOCCO)c(F)c1F. The van der Waals surface area contributed by atoms with Crippen LogP contribution in [0.5, 0.6) is 0 Å². The minimum absolute atomic E-state index is 0.0715. The Hall–Kier alpha value is -1.73. The first-order valence-corrected chi connectivity index (χ1v) is 5.60. The van der Waals surface area contributed by atoms with Gasteiger partial charge in [-0.1, -0.05) is 0 Å². The van der Waals surface area contributed by atoms with Gasteiger partial charge in [0.15, 0.2) is 11.6 Å². The molecular weight excluding hydrogens is 260 g/mol. The van der Waals surface area contributed by atoms with Crippen molar-refractivity contribution in [2.45, 2.75) is 0 Å². The van der Waals surface area contributed by atoms with E-state index in [9.17, 15) is 13.6 Å². The number of aliphatic hydroxyl groups is 1. The maximum absolute atomic E-state index is 13.6. The van der Waals surface area contributed by atoms with Crippen molar-refractivity contribution in [1.29, 1.82) is 0 Å². The molecule has 0 atom stereocenters. The molecule has 1 aromatic rings. The van der Waals surface area contributed by atoms with Crippen molar-refractivity contribution in [2.24, 2.45) is 0 Å². The van der Waals surface area contributed by atoms with Crippen LogP contribution >= 0.6 is 0 Å². The second-order valence-corrected chi connectivity index (χ2v) is 3.54. The molecule has 19 heavy (non-hydrogen) atoms. The quantitative estimate of drug-likeness (QED) is 0.577. The van der Waals surface area contributed by atoms with Crippen molar-refractivity contribution >= 4 is 11.7 Å². The lowest BCUT2D eigenvalue weighted by molar-refractivity contribution is 0.0594. The van der Waals surface area contributed by atoms with Gasteiger partial charge >= 0.3 is 5.97 Å². The van der Waals surface area contributed by atoms with E-state index in [1.165, 1.54) is 6.07 Å². The van der Waals surface area contributed by atoms with Crippen LogP contribution in [0.15, 0.2) is 12.1 Å². The molecule has 0 saturated heterocycles. The minimum atomic E-state index is -1.26. The van der Waals surface area contributed by atoms with Crippen LogP contribution < -0.4 is 5.32 Å². The van der Waals surface area contributed by atoms with Gasteiger partial charge in [-0.15, -0.1) is 0 Å². The average Bonchev–Trinajstić information content (AvgIpc) is 2.42. The number of halogens is 2. The number of ether oxygens (including phenoxy) is 2. The molecule has 0 heterocycles.